The summed E-state index contributed by atoms with van der Waals surface area (Å²) in [5.74, 6) is 0. The fraction of sp³-hybridized carbons (Fsp3) is 0.250. The predicted octanol–water partition coefficient (Wildman–Crippen LogP) is 3.45. The van der Waals surface area contributed by atoms with Crippen LogP contribution in [-0.4, -0.2) is 6.54 Å². The number of rotatable bonds is 5. The van der Waals surface area contributed by atoms with Gasteiger partial charge in [0.15, 0.2) is 0 Å². The highest BCUT2D eigenvalue weighted by atomic mass is 14.6. The highest BCUT2D eigenvalue weighted by Gasteiger charge is 2.18. The largest absolute Gasteiger partial charge is 0.330 e. The predicted molar refractivity (Wildman–Crippen MR) is 96.3 cm³/mol. The Morgan fingerprint density at radius 3 is 2.13 bits per heavy atom. The van der Waals surface area contributed by atoms with Gasteiger partial charge in [0.1, 0.15) is 0 Å². The fourth-order valence-corrected chi connectivity index (χ4v) is 2.32. The van der Waals surface area contributed by atoms with Crippen molar-refractivity contribution in [1.29, 1.82) is 5.26 Å². The van der Waals surface area contributed by atoms with Gasteiger partial charge in [-0.25, -0.2) is 0 Å². The Kier molecular flexibility index (Phi) is 5.33. The first-order valence-electron chi connectivity index (χ1n) is 7.72. The van der Waals surface area contributed by atoms with E-state index in [4.69, 9.17) is 11.5 Å². The molecule has 0 aliphatic carbocycles. The van der Waals surface area contributed by atoms with Gasteiger partial charge >= 0.3 is 0 Å². The van der Waals surface area contributed by atoms with E-state index in [1.165, 1.54) is 5.56 Å². The van der Waals surface area contributed by atoms with E-state index in [1.54, 1.807) is 0 Å². The molecule has 0 bridgehead atoms. The van der Waals surface area contributed by atoms with Crippen LogP contribution in [0, 0.1) is 11.3 Å². The average molecular weight is 305 g/mol. The summed E-state index contributed by atoms with van der Waals surface area (Å²) in [6.45, 7) is 5.33. The van der Waals surface area contributed by atoms with Crippen LogP contribution < -0.4 is 11.5 Å². The van der Waals surface area contributed by atoms with Gasteiger partial charge in [-0.1, -0.05) is 62.4 Å². The van der Waals surface area contributed by atoms with E-state index in [2.05, 4.69) is 19.9 Å². The fourth-order valence-electron chi connectivity index (χ4n) is 2.32. The molecule has 118 valence electrons. The van der Waals surface area contributed by atoms with Crippen LogP contribution in [0.25, 0.3) is 11.6 Å². The lowest BCUT2D eigenvalue weighted by molar-refractivity contribution is 0.539. The minimum Gasteiger partial charge on any atom is -0.330 e. The second-order valence-corrected chi connectivity index (χ2v) is 6.28. The normalized spacial score (nSPS) is 12.0. The van der Waals surface area contributed by atoms with Crippen LogP contribution >= 0.6 is 0 Å². The van der Waals surface area contributed by atoms with Crippen molar-refractivity contribution in [2.24, 2.45) is 11.5 Å². The summed E-state index contributed by atoms with van der Waals surface area (Å²) in [5, 5.41) is 9.46. The van der Waals surface area contributed by atoms with Crippen LogP contribution in [0.5, 0.6) is 0 Å². The van der Waals surface area contributed by atoms with E-state index < -0.39 is 0 Å². The monoisotopic (exact) mass is 305 g/mol. The Hall–Kier alpha value is -2.41. The highest BCUT2D eigenvalue weighted by Crippen LogP contribution is 2.25. The quantitative estimate of drug-likeness (QED) is 0.656. The summed E-state index contributed by atoms with van der Waals surface area (Å²) >= 11 is 0. The Morgan fingerprint density at radius 1 is 1.04 bits per heavy atom. The first-order chi connectivity index (χ1) is 11.0. The van der Waals surface area contributed by atoms with Crippen molar-refractivity contribution in [2.45, 2.75) is 25.8 Å². The van der Waals surface area contributed by atoms with Crippen molar-refractivity contribution < 1.29 is 0 Å². The van der Waals surface area contributed by atoms with Gasteiger partial charge < -0.3 is 11.5 Å². The number of benzene rings is 2. The van der Waals surface area contributed by atoms with Gasteiger partial charge in [0.25, 0.3) is 0 Å². The molecule has 4 N–H and O–H groups in total. The maximum Gasteiger partial charge on any atom is 0.0998 e. The van der Waals surface area contributed by atoms with Gasteiger partial charge in [0.05, 0.1) is 11.6 Å². The highest BCUT2D eigenvalue weighted by molar-refractivity contribution is 5.89. The molecule has 2 aromatic rings. The van der Waals surface area contributed by atoms with Crippen LogP contribution in [0.4, 0.5) is 0 Å². The van der Waals surface area contributed by atoms with E-state index in [9.17, 15) is 5.26 Å². The third kappa shape index (κ3) is 4.07. The Morgan fingerprint density at radius 2 is 1.65 bits per heavy atom. The van der Waals surface area contributed by atoms with Crippen LogP contribution in [0.1, 0.15) is 36.1 Å². The van der Waals surface area contributed by atoms with Gasteiger partial charge in [-0.2, -0.15) is 5.26 Å². The molecular weight excluding hydrogens is 282 g/mol. The summed E-state index contributed by atoms with van der Waals surface area (Å²) in [6, 6.07) is 18.3. The molecule has 0 heterocycles. The summed E-state index contributed by atoms with van der Waals surface area (Å²) in [4.78, 5) is 0. The summed E-state index contributed by atoms with van der Waals surface area (Å²) < 4.78 is 0. The number of nitrogens with zero attached hydrogens (tertiary/aromatic N) is 1. The van der Waals surface area contributed by atoms with Crippen molar-refractivity contribution in [2.75, 3.05) is 6.54 Å². The van der Waals surface area contributed by atoms with Crippen LogP contribution in [0.15, 0.2) is 48.5 Å². The topological polar surface area (TPSA) is 75.8 Å². The van der Waals surface area contributed by atoms with E-state index in [1.807, 2.05) is 54.6 Å². The van der Waals surface area contributed by atoms with Crippen molar-refractivity contribution in [1.82, 2.24) is 0 Å². The number of nitriles is 1. The van der Waals surface area contributed by atoms with E-state index in [-0.39, 0.29) is 5.41 Å². The first kappa shape index (κ1) is 17.0. The molecule has 2 aromatic carbocycles. The zero-order chi connectivity index (χ0) is 16.9. The number of hydrogen-bond donors (Lipinski definition) is 2. The molecule has 0 spiro atoms. The third-order valence-electron chi connectivity index (χ3n) is 4.13. The number of hydrogen-bond acceptors (Lipinski definition) is 3. The molecule has 0 aliphatic rings. The SMILES string of the molecule is CC(C)(CN)c1ccc(/C(C#N)=C/c2ccc(CN)cc2)cc1. The van der Waals surface area contributed by atoms with E-state index >= 15 is 0 Å². The molecule has 0 radical (unpaired) electrons. The maximum absolute atomic E-state index is 9.46. The van der Waals surface area contributed by atoms with Crippen LogP contribution in [0.3, 0.4) is 0 Å². The molecule has 0 amide bonds. The Labute approximate surface area is 138 Å². The van der Waals surface area contributed by atoms with Crippen molar-refractivity contribution >= 4 is 11.6 Å². The molecule has 0 aliphatic heterocycles. The molecule has 0 unspecified atom stereocenters. The summed E-state index contributed by atoms with van der Waals surface area (Å²) in [6.07, 6.45) is 1.89. The molecule has 23 heavy (non-hydrogen) atoms. The zero-order valence-electron chi connectivity index (χ0n) is 13.7. The van der Waals surface area contributed by atoms with Gasteiger partial charge in [-0.15, -0.1) is 0 Å². The molecule has 0 fully saturated rings. The summed E-state index contributed by atoms with van der Waals surface area (Å²) in [5.41, 5.74) is 16.1. The standard InChI is InChI=1S/C20H23N3/c1-20(2,14-23)19-9-7-17(8-10-19)18(13-22)11-15-3-5-16(12-21)6-4-15/h3-11H,12,14,21,23H2,1-2H3/b18-11+. The van der Waals surface area contributed by atoms with Crippen molar-refractivity contribution in [3.8, 4) is 6.07 Å². The molecule has 0 saturated heterocycles. The van der Waals surface area contributed by atoms with E-state index in [0.29, 0.717) is 18.7 Å². The van der Waals surface area contributed by atoms with Gasteiger partial charge in [-0.05, 0) is 28.3 Å². The Balaban J connectivity index is 2.30. The molecule has 0 aromatic heterocycles. The third-order valence-corrected chi connectivity index (χ3v) is 4.13. The summed E-state index contributed by atoms with van der Waals surface area (Å²) in [7, 11) is 0. The second-order valence-electron chi connectivity index (χ2n) is 6.28. The van der Waals surface area contributed by atoms with Gasteiger partial charge in [0.2, 0.25) is 0 Å². The minimum absolute atomic E-state index is 0.0624. The smallest absolute Gasteiger partial charge is 0.0998 e. The second kappa shape index (κ2) is 7.23. The number of nitrogens with two attached hydrogens (primary N) is 2. The molecular formula is C20H23N3. The zero-order valence-corrected chi connectivity index (χ0v) is 13.7. The van der Waals surface area contributed by atoms with E-state index in [0.717, 1.165) is 16.7 Å². The van der Waals surface area contributed by atoms with Gasteiger partial charge in [-0.3, -0.25) is 0 Å². The molecule has 0 atom stereocenters. The van der Waals surface area contributed by atoms with Crippen molar-refractivity contribution in [3.05, 3.63) is 70.8 Å². The Bertz CT molecular complexity index is 717. The lowest BCUT2D eigenvalue weighted by Crippen LogP contribution is -2.27. The minimum atomic E-state index is -0.0624. The lowest BCUT2D eigenvalue weighted by atomic mass is 9.84. The molecule has 3 heteroatoms. The first-order valence-corrected chi connectivity index (χ1v) is 7.72. The van der Waals surface area contributed by atoms with Crippen LogP contribution in [0.2, 0.25) is 0 Å². The number of allylic oxidation sites excluding steroid dienone is 1. The molecule has 0 saturated carbocycles. The lowest BCUT2D eigenvalue weighted by Gasteiger charge is -2.23. The average Bonchev–Trinajstić information content (AvgIpc) is 2.60. The molecule has 2 rings (SSSR count). The van der Waals surface area contributed by atoms with Gasteiger partial charge in [0, 0.05) is 18.5 Å². The molecule has 3 nitrogen and oxygen atoms in total. The van der Waals surface area contributed by atoms with Crippen molar-refractivity contribution in [3.63, 3.8) is 0 Å². The van der Waals surface area contributed by atoms with Crippen LogP contribution in [-0.2, 0) is 12.0 Å². The maximum atomic E-state index is 9.46.